The minimum Gasteiger partial charge on any atom is -0.379 e. The second-order valence-electron chi connectivity index (χ2n) is 7.24. The average Bonchev–Trinajstić information content (AvgIpc) is 2.79. The van der Waals surface area contributed by atoms with E-state index in [-0.39, 0.29) is 30.2 Å². The molecule has 23 heavy (non-hydrogen) atoms. The van der Waals surface area contributed by atoms with Crippen molar-refractivity contribution in [1.82, 2.24) is 4.90 Å². The third kappa shape index (κ3) is 2.80. The highest BCUT2D eigenvalue weighted by Gasteiger charge is 2.54. The maximum atomic E-state index is 12.6. The normalized spacial score (nSPS) is 31.9. The number of carbonyl (C=O) groups excluding carboxylic acids is 2. The number of rotatable bonds is 3. The molecule has 4 nitrogen and oxygen atoms in total. The minimum atomic E-state index is -1.51. The van der Waals surface area contributed by atoms with Crippen molar-refractivity contribution in [1.29, 1.82) is 0 Å². The van der Waals surface area contributed by atoms with Crippen molar-refractivity contribution in [3.63, 3.8) is 0 Å². The first-order chi connectivity index (χ1) is 10.9. The number of hydrogen-bond donors (Lipinski definition) is 1. The van der Waals surface area contributed by atoms with Gasteiger partial charge in [0.25, 0.3) is 5.91 Å². The number of aliphatic hydroxyl groups is 1. The van der Waals surface area contributed by atoms with Gasteiger partial charge in [-0.3, -0.25) is 14.5 Å². The summed E-state index contributed by atoms with van der Waals surface area (Å²) in [6.45, 7) is 3.59. The van der Waals surface area contributed by atoms with Crippen LogP contribution in [0.4, 0.5) is 0 Å². The number of imide groups is 1. The number of amides is 2. The largest absolute Gasteiger partial charge is 0.379 e. The zero-order valence-corrected chi connectivity index (χ0v) is 13.9. The lowest BCUT2D eigenvalue weighted by Gasteiger charge is -2.34. The van der Waals surface area contributed by atoms with Gasteiger partial charge in [0.2, 0.25) is 5.91 Å². The van der Waals surface area contributed by atoms with E-state index in [4.69, 9.17) is 0 Å². The van der Waals surface area contributed by atoms with Crippen LogP contribution in [-0.2, 0) is 9.59 Å². The van der Waals surface area contributed by atoms with Crippen molar-refractivity contribution in [2.24, 2.45) is 5.92 Å². The first kappa shape index (κ1) is 16.2. The first-order valence-electron chi connectivity index (χ1n) is 8.57. The Kier molecular flexibility index (Phi) is 4.28. The Bertz CT molecular complexity index is 590. The van der Waals surface area contributed by atoms with Crippen LogP contribution < -0.4 is 0 Å². The van der Waals surface area contributed by atoms with Crippen LogP contribution in [0.1, 0.15) is 57.4 Å². The monoisotopic (exact) mass is 315 g/mol. The van der Waals surface area contributed by atoms with Crippen LogP contribution in [0.3, 0.4) is 0 Å². The molecule has 0 bridgehead atoms. The highest BCUT2D eigenvalue weighted by atomic mass is 16.3. The van der Waals surface area contributed by atoms with Gasteiger partial charge >= 0.3 is 0 Å². The van der Waals surface area contributed by atoms with Gasteiger partial charge in [-0.1, -0.05) is 44.2 Å². The summed E-state index contributed by atoms with van der Waals surface area (Å²) in [6, 6.07) is 10.4. The van der Waals surface area contributed by atoms with Gasteiger partial charge in [-0.2, -0.15) is 0 Å². The second kappa shape index (κ2) is 6.08. The molecule has 0 spiro atoms. The van der Waals surface area contributed by atoms with Gasteiger partial charge in [-0.15, -0.1) is 0 Å². The number of benzene rings is 1. The summed E-state index contributed by atoms with van der Waals surface area (Å²) < 4.78 is 0. The molecule has 1 N–H and O–H groups in total. The minimum absolute atomic E-state index is 0.0530. The molecule has 2 aliphatic rings. The summed E-state index contributed by atoms with van der Waals surface area (Å²) in [5.41, 5.74) is -0.170. The molecule has 1 aromatic carbocycles. The zero-order chi connectivity index (χ0) is 16.6. The van der Waals surface area contributed by atoms with Crippen molar-refractivity contribution < 1.29 is 14.7 Å². The van der Waals surface area contributed by atoms with E-state index in [1.54, 1.807) is 13.8 Å². The topological polar surface area (TPSA) is 57.6 Å². The lowest BCUT2D eigenvalue weighted by molar-refractivity contribution is -0.151. The smallest absolute Gasteiger partial charge is 0.262 e. The summed E-state index contributed by atoms with van der Waals surface area (Å²) in [5.74, 6) is -0.344. The van der Waals surface area contributed by atoms with E-state index >= 15 is 0 Å². The molecule has 4 heteroatoms. The van der Waals surface area contributed by atoms with Crippen LogP contribution in [-0.4, -0.2) is 33.5 Å². The molecule has 0 radical (unpaired) electrons. The van der Waals surface area contributed by atoms with E-state index in [9.17, 15) is 14.7 Å². The fourth-order valence-electron chi connectivity index (χ4n) is 3.93. The van der Waals surface area contributed by atoms with Gasteiger partial charge in [0.1, 0.15) is 0 Å². The van der Waals surface area contributed by atoms with Gasteiger partial charge in [0.15, 0.2) is 5.60 Å². The summed E-state index contributed by atoms with van der Waals surface area (Å²) in [7, 11) is 0. The molecular weight excluding hydrogens is 290 g/mol. The van der Waals surface area contributed by atoms with Crippen molar-refractivity contribution in [2.75, 3.05) is 0 Å². The maximum Gasteiger partial charge on any atom is 0.262 e. The van der Waals surface area contributed by atoms with Gasteiger partial charge in [-0.25, -0.2) is 0 Å². The number of carbonyl (C=O) groups is 2. The highest BCUT2D eigenvalue weighted by Crippen LogP contribution is 2.39. The Balaban J connectivity index is 1.68. The summed E-state index contributed by atoms with van der Waals surface area (Å²) in [5, 5.41) is 10.5. The lowest BCUT2D eigenvalue weighted by atomic mass is 9.81. The molecule has 1 heterocycles. The molecule has 2 amide bonds. The van der Waals surface area contributed by atoms with Crippen LogP contribution in [0, 0.1) is 5.92 Å². The number of nitrogens with zero attached hydrogens (tertiary/aromatic N) is 1. The van der Waals surface area contributed by atoms with Crippen LogP contribution in [0.25, 0.3) is 0 Å². The van der Waals surface area contributed by atoms with E-state index in [1.807, 2.05) is 6.07 Å². The van der Waals surface area contributed by atoms with Crippen LogP contribution in [0.5, 0.6) is 0 Å². The zero-order valence-electron chi connectivity index (χ0n) is 13.9. The molecular formula is C19H25NO3. The van der Waals surface area contributed by atoms with E-state index < -0.39 is 5.60 Å². The van der Waals surface area contributed by atoms with Crippen LogP contribution in [0.15, 0.2) is 30.3 Å². The summed E-state index contributed by atoms with van der Waals surface area (Å²) in [6.07, 6.45) is 3.54. The molecule has 1 saturated carbocycles. The maximum absolute atomic E-state index is 12.6. The fraction of sp³-hybridized carbons (Fsp3) is 0.579. The molecule has 2 fully saturated rings. The fourth-order valence-corrected chi connectivity index (χ4v) is 3.93. The molecule has 1 aliphatic heterocycles. The summed E-state index contributed by atoms with van der Waals surface area (Å²) in [4.78, 5) is 26.2. The van der Waals surface area contributed by atoms with Crippen molar-refractivity contribution in [3.05, 3.63) is 35.9 Å². The quantitative estimate of drug-likeness (QED) is 0.873. The molecule has 1 aliphatic carbocycles. The average molecular weight is 315 g/mol. The molecule has 1 saturated heterocycles. The Labute approximate surface area is 137 Å². The van der Waals surface area contributed by atoms with E-state index in [1.165, 1.54) is 10.5 Å². The molecule has 1 aromatic rings. The van der Waals surface area contributed by atoms with Crippen LogP contribution in [0.2, 0.25) is 0 Å². The van der Waals surface area contributed by atoms with E-state index in [2.05, 4.69) is 24.3 Å². The summed E-state index contributed by atoms with van der Waals surface area (Å²) >= 11 is 0. The third-order valence-corrected chi connectivity index (χ3v) is 5.57. The van der Waals surface area contributed by atoms with E-state index in [0.717, 1.165) is 25.7 Å². The molecule has 0 aromatic heterocycles. The Morgan fingerprint density at radius 1 is 1.09 bits per heavy atom. The van der Waals surface area contributed by atoms with Gasteiger partial charge in [0, 0.05) is 6.04 Å². The Morgan fingerprint density at radius 3 is 2.22 bits per heavy atom. The predicted octanol–water partition coefficient (Wildman–Crippen LogP) is 2.86. The molecule has 1 unspecified atom stereocenters. The molecule has 3 rings (SSSR count). The predicted molar refractivity (Wildman–Crippen MR) is 87.7 cm³/mol. The third-order valence-electron chi connectivity index (χ3n) is 5.57. The standard InChI is InChI=1S/C19H25NO3/c1-13(2)19(23)12-17(21)20(18(19)22)16-10-8-15(9-11-16)14-6-4-3-5-7-14/h3-7,13,15-16,23H,8-12H2,1-2H3. The first-order valence-corrected chi connectivity index (χ1v) is 8.57. The van der Waals surface area contributed by atoms with Crippen LogP contribution >= 0.6 is 0 Å². The number of likely N-dealkylation sites (tertiary alicyclic amines) is 1. The molecule has 1 atom stereocenters. The number of hydrogen-bond acceptors (Lipinski definition) is 3. The van der Waals surface area contributed by atoms with Gasteiger partial charge in [0.05, 0.1) is 6.42 Å². The van der Waals surface area contributed by atoms with E-state index in [0.29, 0.717) is 5.92 Å². The lowest BCUT2D eigenvalue weighted by Crippen LogP contribution is -2.48. The Morgan fingerprint density at radius 2 is 1.70 bits per heavy atom. The molecule has 124 valence electrons. The van der Waals surface area contributed by atoms with Crippen molar-refractivity contribution in [3.8, 4) is 0 Å². The highest BCUT2D eigenvalue weighted by molar-refractivity contribution is 6.08. The van der Waals surface area contributed by atoms with Crippen molar-refractivity contribution in [2.45, 2.75) is 63.5 Å². The van der Waals surface area contributed by atoms with Gasteiger partial charge in [-0.05, 0) is 43.1 Å². The van der Waals surface area contributed by atoms with Gasteiger partial charge < -0.3 is 5.11 Å². The Hall–Kier alpha value is -1.68. The second-order valence-corrected chi connectivity index (χ2v) is 7.24. The van der Waals surface area contributed by atoms with Crippen molar-refractivity contribution >= 4 is 11.8 Å². The SMILES string of the molecule is CC(C)C1(O)CC(=O)N(C2CCC(c3ccccc3)CC2)C1=O.